The summed E-state index contributed by atoms with van der Waals surface area (Å²) < 4.78 is 0. The van der Waals surface area contributed by atoms with Crippen molar-refractivity contribution in [2.75, 3.05) is 11.9 Å². The van der Waals surface area contributed by atoms with Crippen molar-refractivity contribution in [1.82, 2.24) is 0 Å². The van der Waals surface area contributed by atoms with Crippen molar-refractivity contribution in [2.45, 2.75) is 44.0 Å². The van der Waals surface area contributed by atoms with Crippen LogP contribution >= 0.6 is 27.5 Å². The van der Waals surface area contributed by atoms with Crippen molar-refractivity contribution in [1.29, 1.82) is 0 Å². The summed E-state index contributed by atoms with van der Waals surface area (Å²) in [4.78, 5) is 2.41. The third kappa shape index (κ3) is 2.85. The van der Waals surface area contributed by atoms with Crippen molar-refractivity contribution in [3.05, 3.63) is 28.8 Å². The smallest absolute Gasteiger partial charge is 0.0642 e. The normalized spacial score (nSPS) is 24.0. The summed E-state index contributed by atoms with van der Waals surface area (Å²) in [6.07, 6.45) is 5.33. The Morgan fingerprint density at radius 1 is 1.33 bits per heavy atom. The van der Waals surface area contributed by atoms with E-state index < -0.39 is 0 Å². The highest BCUT2D eigenvalue weighted by Crippen LogP contribution is 2.36. The topological polar surface area (TPSA) is 3.24 Å². The van der Waals surface area contributed by atoms with Crippen LogP contribution in [0.15, 0.2) is 18.2 Å². The van der Waals surface area contributed by atoms with Crippen LogP contribution in [0.5, 0.6) is 0 Å². The minimum absolute atomic E-state index is 0.622. The molecule has 1 saturated carbocycles. The lowest BCUT2D eigenvalue weighted by molar-refractivity contribution is 0.321. The highest BCUT2D eigenvalue weighted by atomic mass is 79.9. The summed E-state index contributed by atoms with van der Waals surface area (Å²) in [7, 11) is 2.19. The minimum atomic E-state index is 0.622. The molecule has 1 nitrogen and oxygen atoms in total. The van der Waals surface area contributed by atoms with E-state index in [0.717, 1.165) is 16.3 Å². The molecule has 1 aliphatic rings. The van der Waals surface area contributed by atoms with E-state index in [1.54, 1.807) is 0 Å². The van der Waals surface area contributed by atoms with Crippen LogP contribution in [-0.2, 0) is 5.33 Å². The molecule has 2 atom stereocenters. The molecule has 1 aromatic carbocycles. The molecular weight excluding hydrogens is 310 g/mol. The zero-order valence-electron chi connectivity index (χ0n) is 11.1. The van der Waals surface area contributed by atoms with Crippen LogP contribution < -0.4 is 4.90 Å². The van der Waals surface area contributed by atoms with Crippen LogP contribution in [0.3, 0.4) is 0 Å². The van der Waals surface area contributed by atoms with Crippen LogP contribution in [0.1, 0.15) is 38.2 Å². The Balaban J connectivity index is 2.29. The van der Waals surface area contributed by atoms with Crippen LogP contribution in [-0.4, -0.2) is 13.1 Å². The van der Waals surface area contributed by atoms with Gasteiger partial charge < -0.3 is 4.90 Å². The van der Waals surface area contributed by atoms with Crippen molar-refractivity contribution in [2.24, 2.45) is 5.92 Å². The molecule has 18 heavy (non-hydrogen) atoms. The summed E-state index contributed by atoms with van der Waals surface area (Å²) in [6, 6.07) is 6.80. The molecule has 0 spiro atoms. The molecule has 0 bridgehead atoms. The summed E-state index contributed by atoms with van der Waals surface area (Å²) in [6.45, 7) is 2.37. The van der Waals surface area contributed by atoms with E-state index in [-0.39, 0.29) is 0 Å². The van der Waals surface area contributed by atoms with Crippen LogP contribution in [0, 0.1) is 5.92 Å². The van der Waals surface area contributed by atoms with E-state index in [1.807, 2.05) is 12.1 Å². The largest absolute Gasteiger partial charge is 0.370 e. The second kappa shape index (κ2) is 6.29. The predicted octanol–water partition coefficient (Wildman–Crippen LogP) is 5.25. The molecule has 3 heteroatoms. The van der Waals surface area contributed by atoms with Gasteiger partial charge in [0.25, 0.3) is 0 Å². The molecule has 1 fully saturated rings. The molecule has 2 rings (SSSR count). The summed E-state index contributed by atoms with van der Waals surface area (Å²) in [5, 5.41) is 1.72. The molecule has 0 aromatic heterocycles. The predicted molar refractivity (Wildman–Crippen MR) is 83.9 cm³/mol. The highest BCUT2D eigenvalue weighted by molar-refractivity contribution is 9.08. The molecule has 0 radical (unpaired) electrons. The zero-order valence-corrected chi connectivity index (χ0v) is 13.5. The van der Waals surface area contributed by atoms with Gasteiger partial charge in [0.15, 0.2) is 0 Å². The van der Waals surface area contributed by atoms with Gasteiger partial charge in [0.1, 0.15) is 0 Å². The first-order valence-corrected chi connectivity index (χ1v) is 8.21. The Morgan fingerprint density at radius 3 is 2.72 bits per heavy atom. The summed E-state index contributed by atoms with van der Waals surface area (Å²) >= 11 is 9.97. The summed E-state index contributed by atoms with van der Waals surface area (Å²) in [5.41, 5.74) is 2.48. The van der Waals surface area contributed by atoms with Crippen LogP contribution in [0.25, 0.3) is 0 Å². The quantitative estimate of drug-likeness (QED) is 0.684. The van der Waals surface area contributed by atoms with Crippen molar-refractivity contribution < 1.29 is 0 Å². The maximum absolute atomic E-state index is 6.41. The molecule has 0 N–H and O–H groups in total. The lowest BCUT2D eigenvalue weighted by Crippen LogP contribution is -2.39. The molecular formula is C15H21BrClN. The minimum Gasteiger partial charge on any atom is -0.370 e. The van der Waals surface area contributed by atoms with Gasteiger partial charge in [-0.25, -0.2) is 0 Å². The first-order valence-electron chi connectivity index (χ1n) is 6.71. The van der Waals surface area contributed by atoms with Crippen molar-refractivity contribution in [3.8, 4) is 0 Å². The van der Waals surface area contributed by atoms with Gasteiger partial charge in [-0.2, -0.15) is 0 Å². The number of benzene rings is 1. The fourth-order valence-electron chi connectivity index (χ4n) is 3.10. The molecule has 0 aliphatic heterocycles. The van der Waals surface area contributed by atoms with Gasteiger partial charge in [-0.3, -0.25) is 0 Å². The number of nitrogens with zero attached hydrogens (tertiary/aromatic N) is 1. The van der Waals surface area contributed by atoms with Crippen molar-refractivity contribution in [3.63, 3.8) is 0 Å². The fourth-order valence-corrected chi connectivity index (χ4v) is 3.88. The first kappa shape index (κ1) is 14.2. The molecule has 0 heterocycles. The fraction of sp³-hybridized carbons (Fsp3) is 0.600. The van der Waals surface area contributed by atoms with Gasteiger partial charge in [0.05, 0.1) is 10.7 Å². The molecule has 1 aliphatic carbocycles. The maximum Gasteiger partial charge on any atom is 0.0642 e. The van der Waals surface area contributed by atoms with Gasteiger partial charge in [0.2, 0.25) is 0 Å². The monoisotopic (exact) mass is 329 g/mol. The third-order valence-electron chi connectivity index (χ3n) is 4.13. The van der Waals surface area contributed by atoms with E-state index in [2.05, 4.69) is 40.9 Å². The zero-order chi connectivity index (χ0) is 13.1. The number of halogens is 2. The Labute approximate surface area is 124 Å². The number of anilines is 1. The second-order valence-electron chi connectivity index (χ2n) is 5.32. The third-order valence-corrected chi connectivity index (χ3v) is 5.04. The Bertz CT molecular complexity index is 407. The van der Waals surface area contributed by atoms with Gasteiger partial charge in [-0.05, 0) is 30.4 Å². The molecule has 0 amide bonds. The number of hydrogen-bond donors (Lipinski definition) is 0. The van der Waals surface area contributed by atoms with Gasteiger partial charge in [-0.1, -0.05) is 59.4 Å². The lowest BCUT2D eigenvalue weighted by Gasteiger charge is -2.39. The Kier molecular flexibility index (Phi) is 4.97. The Morgan fingerprint density at radius 2 is 2.06 bits per heavy atom. The van der Waals surface area contributed by atoms with Crippen molar-refractivity contribution >= 4 is 33.2 Å². The average Bonchev–Trinajstić information content (AvgIpc) is 2.38. The summed E-state index contributed by atoms with van der Waals surface area (Å²) in [5.74, 6) is 0.753. The van der Waals surface area contributed by atoms with Crippen LogP contribution in [0.4, 0.5) is 5.69 Å². The van der Waals surface area contributed by atoms with E-state index in [1.165, 1.54) is 36.9 Å². The Hall–Kier alpha value is -0.210. The van der Waals surface area contributed by atoms with E-state index in [4.69, 9.17) is 11.6 Å². The van der Waals surface area contributed by atoms with E-state index >= 15 is 0 Å². The lowest BCUT2D eigenvalue weighted by atomic mass is 9.84. The van der Waals surface area contributed by atoms with Gasteiger partial charge in [-0.15, -0.1) is 0 Å². The molecule has 100 valence electrons. The standard InChI is InChI=1S/C15H21BrClN/c1-11-6-3-4-9-14(11)18(2)15-12(10-16)7-5-8-13(15)17/h5,7-8,11,14H,3-4,6,9-10H2,1-2H3. The van der Waals surface area contributed by atoms with Crippen LogP contribution in [0.2, 0.25) is 5.02 Å². The number of rotatable bonds is 3. The average molecular weight is 331 g/mol. The van der Waals surface area contributed by atoms with Gasteiger partial charge >= 0.3 is 0 Å². The molecule has 1 aromatic rings. The number of alkyl halides is 1. The number of para-hydroxylation sites is 1. The van der Waals surface area contributed by atoms with E-state index in [0.29, 0.717) is 6.04 Å². The van der Waals surface area contributed by atoms with Gasteiger partial charge in [0, 0.05) is 18.4 Å². The van der Waals surface area contributed by atoms with E-state index in [9.17, 15) is 0 Å². The maximum atomic E-state index is 6.41. The first-order chi connectivity index (χ1) is 8.65. The molecule has 2 unspecified atom stereocenters. The molecule has 0 saturated heterocycles. The SMILES string of the molecule is CC1CCCCC1N(C)c1c(Cl)cccc1CBr. The second-order valence-corrected chi connectivity index (χ2v) is 6.29. The highest BCUT2D eigenvalue weighted by Gasteiger charge is 2.27. The number of hydrogen-bond acceptors (Lipinski definition) is 1.